The van der Waals surface area contributed by atoms with Crippen LogP contribution in [0.2, 0.25) is 0 Å². The van der Waals surface area contributed by atoms with Gasteiger partial charge >= 0.3 is 0 Å². The number of hydrogen-bond donors (Lipinski definition) is 3. The molecule has 1 aromatic carbocycles. The molecule has 1 saturated heterocycles. The molecule has 0 radical (unpaired) electrons. The van der Waals surface area contributed by atoms with Crippen LogP contribution >= 0.6 is 0 Å². The van der Waals surface area contributed by atoms with Crippen LogP contribution in [0.15, 0.2) is 30.3 Å². The number of nitrogens with one attached hydrogen (secondary N) is 3. The van der Waals surface area contributed by atoms with Gasteiger partial charge in [-0.3, -0.25) is 9.59 Å². The van der Waals surface area contributed by atoms with E-state index in [1.54, 1.807) is 0 Å². The van der Waals surface area contributed by atoms with Crippen LogP contribution in [0.5, 0.6) is 0 Å². The Morgan fingerprint density at radius 3 is 2.18 bits per heavy atom. The van der Waals surface area contributed by atoms with Gasteiger partial charge in [-0.15, -0.1) is 0 Å². The lowest BCUT2D eigenvalue weighted by molar-refractivity contribution is -0.924. The van der Waals surface area contributed by atoms with E-state index in [-0.39, 0.29) is 23.8 Å². The topological polar surface area (TPSA) is 62.6 Å². The Kier molecular flexibility index (Phi) is 4.86. The van der Waals surface area contributed by atoms with E-state index in [9.17, 15) is 9.59 Å². The SMILES string of the molecule is CC(=O)NC1(NC(C)=O)CC[NH+](C)[C@H](c2ccccc2)[C@@H]1C. The highest BCUT2D eigenvalue weighted by molar-refractivity contribution is 5.77. The first-order chi connectivity index (χ1) is 10.4. The molecule has 120 valence electrons. The highest BCUT2D eigenvalue weighted by Crippen LogP contribution is 2.32. The average Bonchev–Trinajstić information content (AvgIpc) is 2.43. The molecule has 0 saturated carbocycles. The number of quaternary nitrogens is 1. The molecule has 22 heavy (non-hydrogen) atoms. The summed E-state index contributed by atoms with van der Waals surface area (Å²) in [6.45, 7) is 5.98. The molecule has 1 unspecified atom stereocenters. The fourth-order valence-electron chi connectivity index (χ4n) is 3.73. The van der Waals surface area contributed by atoms with Gasteiger partial charge in [-0.05, 0) is 0 Å². The zero-order valence-electron chi connectivity index (χ0n) is 13.8. The van der Waals surface area contributed by atoms with E-state index in [4.69, 9.17) is 0 Å². The number of likely N-dealkylation sites (tertiary alicyclic amines) is 1. The smallest absolute Gasteiger partial charge is 0.218 e. The van der Waals surface area contributed by atoms with E-state index in [1.807, 2.05) is 18.2 Å². The first kappa shape index (κ1) is 16.5. The zero-order chi connectivity index (χ0) is 16.3. The standard InChI is InChI=1S/C17H25N3O2/c1-12-16(15-8-6-5-7-9-15)20(4)11-10-17(12,18-13(2)21)19-14(3)22/h5-9,12,16H,10-11H2,1-4H3,(H,18,21)(H,19,22)/p+1/t12-,16-/m0/s1. The average molecular weight is 304 g/mol. The van der Waals surface area contributed by atoms with E-state index in [0.717, 1.165) is 13.0 Å². The molecule has 1 heterocycles. The van der Waals surface area contributed by atoms with Crippen molar-refractivity contribution in [2.24, 2.45) is 5.92 Å². The molecule has 1 aliphatic heterocycles. The van der Waals surface area contributed by atoms with Crippen LogP contribution in [0, 0.1) is 5.92 Å². The van der Waals surface area contributed by atoms with Gasteiger partial charge in [0.05, 0.1) is 19.5 Å². The van der Waals surface area contributed by atoms with Crippen molar-refractivity contribution in [3.05, 3.63) is 35.9 Å². The van der Waals surface area contributed by atoms with Gasteiger partial charge in [-0.2, -0.15) is 0 Å². The Morgan fingerprint density at radius 1 is 1.14 bits per heavy atom. The molecule has 1 aromatic rings. The maximum Gasteiger partial charge on any atom is 0.218 e. The van der Waals surface area contributed by atoms with E-state index in [1.165, 1.54) is 24.3 Å². The van der Waals surface area contributed by atoms with Gasteiger partial charge in [0, 0.05) is 25.8 Å². The summed E-state index contributed by atoms with van der Waals surface area (Å²) in [5, 5.41) is 6.02. The first-order valence-electron chi connectivity index (χ1n) is 7.80. The molecule has 5 heteroatoms. The summed E-state index contributed by atoms with van der Waals surface area (Å²) in [6, 6.07) is 10.5. The van der Waals surface area contributed by atoms with Gasteiger partial charge in [-0.25, -0.2) is 0 Å². The highest BCUT2D eigenvalue weighted by Gasteiger charge is 2.49. The molecular formula is C17H26N3O2+. The minimum Gasteiger partial charge on any atom is -0.333 e. The predicted octanol–water partition coefficient (Wildman–Crippen LogP) is 0.251. The Balaban J connectivity index is 2.39. The van der Waals surface area contributed by atoms with Crippen molar-refractivity contribution >= 4 is 11.8 Å². The third-order valence-corrected chi connectivity index (χ3v) is 4.68. The monoisotopic (exact) mass is 304 g/mol. The summed E-state index contributed by atoms with van der Waals surface area (Å²) in [6.07, 6.45) is 0.725. The molecule has 1 aliphatic rings. The number of hydrogen-bond acceptors (Lipinski definition) is 2. The molecular weight excluding hydrogens is 278 g/mol. The maximum atomic E-state index is 11.7. The summed E-state index contributed by atoms with van der Waals surface area (Å²) in [7, 11) is 2.17. The fraction of sp³-hybridized carbons (Fsp3) is 0.529. The Labute approximate surface area is 132 Å². The predicted molar refractivity (Wildman–Crippen MR) is 85.1 cm³/mol. The summed E-state index contributed by atoms with van der Waals surface area (Å²) in [5.74, 6) is -0.157. The summed E-state index contributed by atoms with van der Waals surface area (Å²) < 4.78 is 0. The number of piperidine rings is 1. The Bertz CT molecular complexity index is 528. The van der Waals surface area contributed by atoms with E-state index in [0.29, 0.717) is 0 Å². The second kappa shape index (κ2) is 6.48. The normalized spacial score (nSPS) is 27.0. The molecule has 0 spiro atoms. The lowest BCUT2D eigenvalue weighted by Crippen LogP contribution is -3.12. The third-order valence-electron chi connectivity index (χ3n) is 4.68. The third kappa shape index (κ3) is 3.30. The van der Waals surface area contributed by atoms with Crippen LogP contribution in [-0.2, 0) is 9.59 Å². The van der Waals surface area contributed by atoms with Gasteiger partial charge in [0.2, 0.25) is 11.8 Å². The van der Waals surface area contributed by atoms with Crippen molar-refractivity contribution in [2.45, 2.75) is 38.9 Å². The lowest BCUT2D eigenvalue weighted by atomic mass is 9.77. The van der Waals surface area contributed by atoms with Gasteiger partial charge < -0.3 is 15.5 Å². The Hall–Kier alpha value is -1.88. The minimum absolute atomic E-state index is 0.0800. The number of benzene rings is 1. The molecule has 1 fully saturated rings. The number of carbonyl (C=O) groups is 2. The number of rotatable bonds is 3. The van der Waals surface area contributed by atoms with Crippen molar-refractivity contribution < 1.29 is 14.5 Å². The van der Waals surface area contributed by atoms with Crippen LogP contribution in [0.25, 0.3) is 0 Å². The summed E-state index contributed by atoms with van der Waals surface area (Å²) in [5.41, 5.74) is 0.546. The van der Waals surface area contributed by atoms with E-state index in [2.05, 4.69) is 36.7 Å². The molecule has 3 atom stereocenters. The zero-order valence-corrected chi connectivity index (χ0v) is 13.8. The van der Waals surface area contributed by atoms with Crippen LogP contribution in [-0.4, -0.2) is 31.1 Å². The van der Waals surface area contributed by atoms with Crippen LogP contribution in [0.3, 0.4) is 0 Å². The quantitative estimate of drug-likeness (QED) is 0.701. The largest absolute Gasteiger partial charge is 0.333 e. The van der Waals surface area contributed by atoms with Crippen molar-refractivity contribution in [3.8, 4) is 0 Å². The van der Waals surface area contributed by atoms with E-state index < -0.39 is 5.66 Å². The molecule has 5 nitrogen and oxygen atoms in total. The van der Waals surface area contributed by atoms with Crippen molar-refractivity contribution in [1.82, 2.24) is 10.6 Å². The Morgan fingerprint density at radius 2 is 1.68 bits per heavy atom. The van der Waals surface area contributed by atoms with Gasteiger partial charge in [-0.1, -0.05) is 37.3 Å². The molecule has 0 bridgehead atoms. The molecule has 2 amide bonds. The van der Waals surface area contributed by atoms with Crippen molar-refractivity contribution in [2.75, 3.05) is 13.6 Å². The van der Waals surface area contributed by atoms with Crippen LogP contribution < -0.4 is 15.5 Å². The van der Waals surface area contributed by atoms with Gasteiger partial charge in [0.25, 0.3) is 0 Å². The molecule has 3 N–H and O–H groups in total. The second-order valence-electron chi connectivity index (χ2n) is 6.36. The fourth-order valence-corrected chi connectivity index (χ4v) is 3.73. The summed E-state index contributed by atoms with van der Waals surface area (Å²) >= 11 is 0. The highest BCUT2D eigenvalue weighted by atomic mass is 16.2. The number of carbonyl (C=O) groups excluding carboxylic acids is 2. The number of amides is 2. The summed E-state index contributed by atoms with van der Waals surface area (Å²) in [4.78, 5) is 24.8. The second-order valence-corrected chi connectivity index (χ2v) is 6.36. The molecule has 0 aliphatic carbocycles. The van der Waals surface area contributed by atoms with E-state index >= 15 is 0 Å². The molecule has 0 aromatic heterocycles. The minimum atomic E-state index is -0.683. The van der Waals surface area contributed by atoms with Gasteiger partial charge in [0.15, 0.2) is 0 Å². The van der Waals surface area contributed by atoms with Crippen molar-refractivity contribution in [3.63, 3.8) is 0 Å². The molecule has 2 rings (SSSR count). The van der Waals surface area contributed by atoms with Crippen molar-refractivity contribution in [1.29, 1.82) is 0 Å². The van der Waals surface area contributed by atoms with Crippen LogP contribution in [0.1, 0.15) is 38.8 Å². The van der Waals surface area contributed by atoms with Crippen LogP contribution in [0.4, 0.5) is 0 Å². The van der Waals surface area contributed by atoms with Gasteiger partial charge in [0.1, 0.15) is 11.7 Å². The first-order valence-corrected chi connectivity index (χ1v) is 7.80. The maximum absolute atomic E-state index is 11.7. The lowest BCUT2D eigenvalue weighted by Gasteiger charge is -2.48.